The molecule has 0 bridgehead atoms. The van der Waals surface area contributed by atoms with E-state index < -0.39 is 97.5 Å². The van der Waals surface area contributed by atoms with Crippen LogP contribution in [0, 0.1) is 23.7 Å². The first-order valence-electron chi connectivity index (χ1n) is 33.7. The van der Waals surface area contributed by atoms with Crippen molar-refractivity contribution in [1.29, 1.82) is 0 Å². The summed E-state index contributed by atoms with van der Waals surface area (Å²) in [6, 6.07) is 0. The Morgan fingerprint density at radius 1 is 0.298 bits per heavy atom. The highest BCUT2D eigenvalue weighted by molar-refractivity contribution is 7.47. The van der Waals surface area contributed by atoms with Crippen LogP contribution >= 0.6 is 15.6 Å². The Hall–Kier alpha value is -1.94. The summed E-state index contributed by atoms with van der Waals surface area (Å²) in [5.41, 5.74) is 0. The lowest BCUT2D eigenvalue weighted by atomic mass is 10.0. The first-order valence-corrected chi connectivity index (χ1v) is 36.7. The zero-order chi connectivity index (χ0) is 62.5. The molecule has 0 amide bonds. The molecule has 0 spiro atoms. The SMILES string of the molecule is CC(C)CCCCCCCCCCCCCCC(=O)O[C@H](COC(=O)CCCCCCCCC(C)C)COP(=O)(O)OC[C@H](O)COP(=O)(O)OC[C@@H](COC(=O)CCCCCCCCCCC(C)C)OC(=O)CCCCCCCCC(C)C. The van der Waals surface area contributed by atoms with E-state index in [0.29, 0.717) is 37.5 Å². The van der Waals surface area contributed by atoms with Gasteiger partial charge in [-0.25, -0.2) is 9.13 Å². The fraction of sp³-hybridized carbons (Fsp3) is 0.938. The minimum atomic E-state index is -4.95. The van der Waals surface area contributed by atoms with Crippen LogP contribution in [0.3, 0.4) is 0 Å². The van der Waals surface area contributed by atoms with E-state index in [1.54, 1.807) is 0 Å². The minimum Gasteiger partial charge on any atom is -0.462 e. The predicted molar refractivity (Wildman–Crippen MR) is 335 cm³/mol. The molecule has 0 aromatic heterocycles. The smallest absolute Gasteiger partial charge is 0.462 e. The van der Waals surface area contributed by atoms with Crippen molar-refractivity contribution >= 4 is 39.5 Å². The second-order valence-electron chi connectivity index (χ2n) is 25.4. The average molecular weight is 1240 g/mol. The molecule has 0 fully saturated rings. The second-order valence-corrected chi connectivity index (χ2v) is 28.3. The Kier molecular flexibility index (Phi) is 53.9. The number of hydrogen-bond donors (Lipinski definition) is 3. The second kappa shape index (κ2) is 55.2. The molecular formula is C65H126O17P2. The third kappa shape index (κ3) is 59.0. The van der Waals surface area contributed by atoms with Gasteiger partial charge in [-0.15, -0.1) is 0 Å². The molecule has 0 saturated carbocycles. The standard InChI is InChI=1S/C65H126O17P2/c1-55(2)41-33-25-17-13-11-9-10-12-14-20-31-39-47-64(69)81-60(52-76-63(68)46-38-30-23-21-27-35-43-57(5)6)53-79-83(71,72)77-49-59(66)50-78-84(73,74)80-54-61(82-65(70)48-40-32-24-22-28-36-44-58(7)8)51-75-62(67)45-37-29-19-16-15-18-26-34-42-56(3)4/h55-61,66H,9-54H2,1-8H3,(H,71,72)(H,73,74)/t59-,60+,61+/m0/s1. The molecule has 0 aliphatic rings. The van der Waals surface area contributed by atoms with Crippen LogP contribution in [-0.2, 0) is 65.4 Å². The van der Waals surface area contributed by atoms with Crippen LogP contribution < -0.4 is 0 Å². The number of rotatable bonds is 62. The summed E-state index contributed by atoms with van der Waals surface area (Å²) in [5, 5.41) is 10.5. The Morgan fingerprint density at radius 2 is 0.500 bits per heavy atom. The summed E-state index contributed by atoms with van der Waals surface area (Å²) in [6.07, 6.45) is 35.2. The molecule has 5 atom stereocenters. The van der Waals surface area contributed by atoms with E-state index in [0.717, 1.165) is 108 Å². The van der Waals surface area contributed by atoms with Crippen molar-refractivity contribution in [2.45, 2.75) is 331 Å². The van der Waals surface area contributed by atoms with Gasteiger partial charge in [-0.3, -0.25) is 37.3 Å². The fourth-order valence-corrected chi connectivity index (χ4v) is 11.2. The number of carbonyl (C=O) groups is 4. The molecule has 0 rings (SSSR count). The molecule has 0 aromatic rings. The van der Waals surface area contributed by atoms with Gasteiger partial charge in [0.05, 0.1) is 26.4 Å². The third-order valence-corrected chi connectivity index (χ3v) is 16.7. The maximum Gasteiger partial charge on any atom is 0.472 e. The van der Waals surface area contributed by atoms with Crippen LogP contribution in [0.15, 0.2) is 0 Å². The predicted octanol–water partition coefficient (Wildman–Crippen LogP) is 17.8. The Balaban J connectivity index is 5.22. The number of aliphatic hydroxyl groups excluding tert-OH is 1. The maximum absolute atomic E-state index is 13.0. The Labute approximate surface area is 511 Å². The number of phosphoric ester groups is 2. The van der Waals surface area contributed by atoms with Crippen LogP contribution in [0.2, 0.25) is 0 Å². The van der Waals surface area contributed by atoms with E-state index >= 15 is 0 Å². The molecule has 19 heteroatoms. The summed E-state index contributed by atoms with van der Waals surface area (Å²) >= 11 is 0. The zero-order valence-electron chi connectivity index (χ0n) is 54.5. The van der Waals surface area contributed by atoms with E-state index in [-0.39, 0.29) is 25.7 Å². The van der Waals surface area contributed by atoms with Gasteiger partial charge in [-0.2, -0.15) is 0 Å². The lowest BCUT2D eigenvalue weighted by molar-refractivity contribution is -0.161. The summed E-state index contributed by atoms with van der Waals surface area (Å²) in [6.45, 7) is 13.9. The molecule has 0 saturated heterocycles. The zero-order valence-corrected chi connectivity index (χ0v) is 56.3. The van der Waals surface area contributed by atoms with Gasteiger partial charge in [0.2, 0.25) is 0 Å². The van der Waals surface area contributed by atoms with E-state index in [1.165, 1.54) is 109 Å². The van der Waals surface area contributed by atoms with E-state index in [4.69, 9.17) is 37.0 Å². The fourth-order valence-electron chi connectivity index (χ4n) is 9.61. The van der Waals surface area contributed by atoms with Gasteiger partial charge >= 0.3 is 39.5 Å². The number of carbonyl (C=O) groups excluding carboxylic acids is 4. The van der Waals surface area contributed by atoms with Gasteiger partial charge in [0.15, 0.2) is 12.2 Å². The van der Waals surface area contributed by atoms with Crippen LogP contribution in [0.1, 0.15) is 312 Å². The molecule has 498 valence electrons. The van der Waals surface area contributed by atoms with E-state index in [1.807, 2.05) is 0 Å². The molecule has 0 aliphatic carbocycles. The average Bonchev–Trinajstić information content (AvgIpc) is 3.46. The Morgan fingerprint density at radius 3 is 0.738 bits per heavy atom. The molecule has 0 heterocycles. The van der Waals surface area contributed by atoms with Gasteiger partial charge in [0.25, 0.3) is 0 Å². The molecule has 17 nitrogen and oxygen atoms in total. The normalized spacial score (nSPS) is 14.4. The molecule has 0 aliphatic heterocycles. The largest absolute Gasteiger partial charge is 0.472 e. The Bertz CT molecular complexity index is 1680. The number of aliphatic hydroxyl groups is 1. The monoisotopic (exact) mass is 1240 g/mol. The van der Waals surface area contributed by atoms with Crippen molar-refractivity contribution in [2.24, 2.45) is 23.7 Å². The lowest BCUT2D eigenvalue weighted by Crippen LogP contribution is -2.30. The van der Waals surface area contributed by atoms with Crippen LogP contribution in [0.25, 0.3) is 0 Å². The molecular weight excluding hydrogens is 1110 g/mol. The molecule has 0 aromatic carbocycles. The van der Waals surface area contributed by atoms with Crippen molar-refractivity contribution < 1.29 is 80.2 Å². The van der Waals surface area contributed by atoms with Gasteiger partial charge in [0.1, 0.15) is 19.3 Å². The van der Waals surface area contributed by atoms with Gasteiger partial charge < -0.3 is 33.8 Å². The van der Waals surface area contributed by atoms with Crippen LogP contribution in [0.4, 0.5) is 0 Å². The first kappa shape index (κ1) is 82.1. The third-order valence-electron chi connectivity index (χ3n) is 14.8. The highest BCUT2D eigenvalue weighted by Crippen LogP contribution is 2.45. The number of esters is 4. The van der Waals surface area contributed by atoms with E-state index in [9.17, 15) is 43.2 Å². The van der Waals surface area contributed by atoms with Gasteiger partial charge in [-0.05, 0) is 49.4 Å². The van der Waals surface area contributed by atoms with Gasteiger partial charge in [0, 0.05) is 25.7 Å². The number of ether oxygens (including phenoxy) is 4. The van der Waals surface area contributed by atoms with Crippen molar-refractivity contribution in [3.63, 3.8) is 0 Å². The number of unbranched alkanes of at least 4 members (excludes halogenated alkanes) is 28. The van der Waals surface area contributed by atoms with Crippen molar-refractivity contribution in [3.8, 4) is 0 Å². The summed E-state index contributed by atoms with van der Waals surface area (Å²) < 4.78 is 68.0. The van der Waals surface area contributed by atoms with Crippen molar-refractivity contribution in [1.82, 2.24) is 0 Å². The molecule has 84 heavy (non-hydrogen) atoms. The highest BCUT2D eigenvalue weighted by Gasteiger charge is 2.30. The van der Waals surface area contributed by atoms with Gasteiger partial charge in [-0.1, -0.05) is 261 Å². The first-order chi connectivity index (χ1) is 40.1. The number of hydrogen-bond acceptors (Lipinski definition) is 15. The van der Waals surface area contributed by atoms with Crippen molar-refractivity contribution in [2.75, 3.05) is 39.6 Å². The summed E-state index contributed by atoms with van der Waals surface area (Å²) in [4.78, 5) is 72.2. The van der Waals surface area contributed by atoms with Crippen molar-refractivity contribution in [3.05, 3.63) is 0 Å². The lowest BCUT2D eigenvalue weighted by Gasteiger charge is -2.21. The summed E-state index contributed by atoms with van der Waals surface area (Å²) in [7, 11) is -9.89. The van der Waals surface area contributed by atoms with E-state index in [2.05, 4.69) is 55.4 Å². The van der Waals surface area contributed by atoms with Crippen LogP contribution in [-0.4, -0.2) is 96.7 Å². The minimum absolute atomic E-state index is 0.101. The van der Waals surface area contributed by atoms with Crippen LogP contribution in [0.5, 0.6) is 0 Å². The molecule has 0 radical (unpaired) electrons. The molecule has 3 N–H and O–H groups in total. The number of phosphoric acid groups is 2. The maximum atomic E-state index is 13.0. The topological polar surface area (TPSA) is 237 Å². The quantitative estimate of drug-likeness (QED) is 0.0222. The summed E-state index contributed by atoms with van der Waals surface area (Å²) in [5.74, 6) is 0.709. The highest BCUT2D eigenvalue weighted by atomic mass is 31.2. The molecule has 2 unspecified atom stereocenters.